The minimum Gasteiger partial charge on any atom is -0.456 e. The Bertz CT molecular complexity index is 3250. The van der Waals surface area contributed by atoms with Crippen LogP contribution in [-0.4, -0.2) is 0 Å². The van der Waals surface area contributed by atoms with Crippen LogP contribution in [0.2, 0.25) is 0 Å². The van der Waals surface area contributed by atoms with Gasteiger partial charge >= 0.3 is 0 Å². The van der Waals surface area contributed by atoms with Gasteiger partial charge in [-0.25, -0.2) is 0 Å². The van der Waals surface area contributed by atoms with Crippen molar-refractivity contribution >= 4 is 71.3 Å². The fourth-order valence-electron chi connectivity index (χ4n) is 8.68. The number of fused-ring (bicyclic) bond motifs is 7. The standard InChI is InChI=1S/C54H35NO/c1-3-16-37(17-4-1)53-47-24-10-9-22-44(47)45-31-28-40(34-49(45)54(53)38-18-5-2-6-19-38)43-21-11-13-25-50(43)55(41-29-27-36-15-7-8-20-39(36)33-41)42-30-32-52-48(35-42)46-23-12-14-26-51(46)56-52/h1-35H. The van der Waals surface area contributed by atoms with E-state index in [0.29, 0.717) is 0 Å². The molecule has 0 aliphatic rings. The molecule has 11 aromatic rings. The molecule has 2 heteroatoms. The molecule has 262 valence electrons. The molecule has 0 spiro atoms. The van der Waals surface area contributed by atoms with Crippen LogP contribution in [-0.2, 0) is 0 Å². The summed E-state index contributed by atoms with van der Waals surface area (Å²) in [4.78, 5) is 2.40. The van der Waals surface area contributed by atoms with Crippen molar-refractivity contribution < 1.29 is 4.42 Å². The largest absolute Gasteiger partial charge is 0.456 e. The van der Waals surface area contributed by atoms with Gasteiger partial charge in [-0.15, -0.1) is 0 Å². The molecule has 0 N–H and O–H groups in total. The van der Waals surface area contributed by atoms with Crippen molar-refractivity contribution in [2.75, 3.05) is 4.90 Å². The fraction of sp³-hybridized carbons (Fsp3) is 0. The molecule has 11 rings (SSSR count). The second-order valence-electron chi connectivity index (χ2n) is 14.5. The topological polar surface area (TPSA) is 16.4 Å². The minimum absolute atomic E-state index is 0.881. The number of furan rings is 1. The molecule has 0 saturated heterocycles. The summed E-state index contributed by atoms with van der Waals surface area (Å²) < 4.78 is 6.29. The Balaban J connectivity index is 1.19. The number of benzene rings is 10. The van der Waals surface area contributed by atoms with Crippen molar-refractivity contribution in [3.63, 3.8) is 0 Å². The third-order valence-electron chi connectivity index (χ3n) is 11.2. The van der Waals surface area contributed by atoms with Crippen molar-refractivity contribution in [2.45, 2.75) is 0 Å². The van der Waals surface area contributed by atoms with Crippen molar-refractivity contribution in [3.05, 3.63) is 212 Å². The normalized spacial score (nSPS) is 11.6. The van der Waals surface area contributed by atoms with E-state index in [1.165, 1.54) is 54.6 Å². The Morgan fingerprint density at radius 3 is 1.68 bits per heavy atom. The molecule has 0 bridgehead atoms. The Labute approximate surface area is 325 Å². The zero-order valence-corrected chi connectivity index (χ0v) is 30.6. The summed E-state index contributed by atoms with van der Waals surface area (Å²) in [5, 5.41) is 9.59. The average molecular weight is 714 g/mol. The fourth-order valence-corrected chi connectivity index (χ4v) is 8.68. The third kappa shape index (κ3) is 5.26. The molecule has 1 heterocycles. The molecule has 0 amide bonds. The van der Waals surface area contributed by atoms with Crippen molar-refractivity contribution in [2.24, 2.45) is 0 Å². The second kappa shape index (κ2) is 13.2. The van der Waals surface area contributed by atoms with Crippen molar-refractivity contribution in [1.29, 1.82) is 0 Å². The number of anilines is 3. The van der Waals surface area contributed by atoms with E-state index >= 15 is 0 Å². The van der Waals surface area contributed by atoms with Gasteiger partial charge in [0.25, 0.3) is 0 Å². The number of hydrogen-bond acceptors (Lipinski definition) is 2. The lowest BCUT2D eigenvalue weighted by molar-refractivity contribution is 0.669. The maximum Gasteiger partial charge on any atom is 0.135 e. The van der Waals surface area contributed by atoms with Gasteiger partial charge in [0.2, 0.25) is 0 Å². The molecular weight excluding hydrogens is 679 g/mol. The molecule has 1 aromatic heterocycles. The summed E-state index contributed by atoms with van der Waals surface area (Å²) in [7, 11) is 0. The number of para-hydroxylation sites is 2. The van der Waals surface area contributed by atoms with Crippen LogP contribution in [0.3, 0.4) is 0 Å². The Kier molecular flexibility index (Phi) is 7.53. The number of rotatable bonds is 6. The van der Waals surface area contributed by atoms with E-state index < -0.39 is 0 Å². The summed E-state index contributed by atoms with van der Waals surface area (Å²) in [5.74, 6) is 0. The van der Waals surface area contributed by atoms with E-state index in [0.717, 1.165) is 50.1 Å². The SMILES string of the molecule is c1ccc(-c2c(-c3ccccc3)c3cc(-c4ccccc4N(c4ccc5ccccc5c4)c4ccc5oc6ccccc6c5c4)ccc3c3ccccc23)cc1. The summed E-state index contributed by atoms with van der Waals surface area (Å²) in [6.07, 6.45) is 0. The van der Waals surface area contributed by atoms with Crippen LogP contribution in [0.1, 0.15) is 0 Å². The third-order valence-corrected chi connectivity index (χ3v) is 11.2. The van der Waals surface area contributed by atoms with Gasteiger partial charge in [0.1, 0.15) is 11.2 Å². The lowest BCUT2D eigenvalue weighted by Crippen LogP contribution is -2.11. The predicted molar refractivity (Wildman–Crippen MR) is 237 cm³/mol. The van der Waals surface area contributed by atoms with Gasteiger partial charge in [-0.2, -0.15) is 0 Å². The van der Waals surface area contributed by atoms with Gasteiger partial charge < -0.3 is 9.32 Å². The van der Waals surface area contributed by atoms with Crippen LogP contribution in [0, 0.1) is 0 Å². The highest BCUT2D eigenvalue weighted by molar-refractivity contribution is 6.22. The first-order valence-corrected chi connectivity index (χ1v) is 19.2. The first-order valence-electron chi connectivity index (χ1n) is 19.2. The van der Waals surface area contributed by atoms with Crippen LogP contribution in [0.25, 0.3) is 87.6 Å². The summed E-state index contributed by atoms with van der Waals surface area (Å²) >= 11 is 0. The summed E-state index contributed by atoms with van der Waals surface area (Å²) in [6.45, 7) is 0. The molecule has 0 unspecified atom stereocenters. The Hall–Kier alpha value is -7.42. The van der Waals surface area contributed by atoms with Crippen LogP contribution in [0.4, 0.5) is 17.1 Å². The molecular formula is C54H35NO. The van der Waals surface area contributed by atoms with Gasteiger partial charge in [0.15, 0.2) is 0 Å². The highest BCUT2D eigenvalue weighted by Gasteiger charge is 2.22. The summed E-state index contributed by atoms with van der Waals surface area (Å²) in [5.41, 5.74) is 12.2. The maximum atomic E-state index is 6.29. The quantitative estimate of drug-likeness (QED) is 0.160. The number of nitrogens with zero attached hydrogens (tertiary/aromatic N) is 1. The molecule has 2 nitrogen and oxygen atoms in total. The van der Waals surface area contributed by atoms with Gasteiger partial charge in [-0.3, -0.25) is 0 Å². The Morgan fingerprint density at radius 1 is 0.304 bits per heavy atom. The molecule has 0 atom stereocenters. The predicted octanol–water partition coefficient (Wildman–Crippen LogP) is 15.5. The van der Waals surface area contributed by atoms with Gasteiger partial charge in [0, 0.05) is 27.7 Å². The zero-order chi connectivity index (χ0) is 37.0. The first-order chi connectivity index (χ1) is 27.8. The monoisotopic (exact) mass is 713 g/mol. The second-order valence-corrected chi connectivity index (χ2v) is 14.5. The Morgan fingerprint density at radius 2 is 0.875 bits per heavy atom. The van der Waals surface area contributed by atoms with Crippen molar-refractivity contribution in [1.82, 2.24) is 0 Å². The highest BCUT2D eigenvalue weighted by atomic mass is 16.3. The lowest BCUT2D eigenvalue weighted by Gasteiger charge is -2.28. The van der Waals surface area contributed by atoms with E-state index in [-0.39, 0.29) is 0 Å². The molecule has 0 fully saturated rings. The van der Waals surface area contributed by atoms with Crippen LogP contribution in [0.5, 0.6) is 0 Å². The summed E-state index contributed by atoms with van der Waals surface area (Å²) in [6, 6.07) is 76.7. The lowest BCUT2D eigenvalue weighted by atomic mass is 9.84. The van der Waals surface area contributed by atoms with E-state index in [1.807, 2.05) is 12.1 Å². The van der Waals surface area contributed by atoms with Gasteiger partial charge in [-0.1, -0.05) is 164 Å². The smallest absolute Gasteiger partial charge is 0.135 e. The zero-order valence-electron chi connectivity index (χ0n) is 30.6. The molecule has 10 aromatic carbocycles. The van der Waals surface area contributed by atoms with E-state index in [9.17, 15) is 0 Å². The first kappa shape index (κ1) is 32.0. The molecule has 56 heavy (non-hydrogen) atoms. The average Bonchev–Trinajstić information content (AvgIpc) is 3.65. The van der Waals surface area contributed by atoms with E-state index in [1.54, 1.807) is 0 Å². The minimum atomic E-state index is 0.881. The highest BCUT2D eigenvalue weighted by Crippen LogP contribution is 2.48. The van der Waals surface area contributed by atoms with Crippen LogP contribution >= 0.6 is 0 Å². The number of hydrogen-bond donors (Lipinski definition) is 0. The molecule has 0 radical (unpaired) electrons. The van der Waals surface area contributed by atoms with Crippen LogP contribution < -0.4 is 4.90 Å². The van der Waals surface area contributed by atoms with E-state index in [2.05, 4.69) is 205 Å². The van der Waals surface area contributed by atoms with Crippen molar-refractivity contribution in [3.8, 4) is 33.4 Å². The van der Waals surface area contributed by atoms with E-state index in [4.69, 9.17) is 4.42 Å². The van der Waals surface area contributed by atoms with Crippen LogP contribution in [0.15, 0.2) is 217 Å². The molecule has 0 saturated carbocycles. The maximum absolute atomic E-state index is 6.29. The van der Waals surface area contributed by atoms with Gasteiger partial charge in [-0.05, 0) is 109 Å². The molecule has 0 aliphatic carbocycles. The van der Waals surface area contributed by atoms with Gasteiger partial charge in [0.05, 0.1) is 5.69 Å². The molecule has 0 aliphatic heterocycles.